The third-order valence-corrected chi connectivity index (χ3v) is 5.32. The summed E-state index contributed by atoms with van der Waals surface area (Å²) < 4.78 is 24.0. The predicted octanol–water partition coefficient (Wildman–Crippen LogP) is 2.27. The minimum absolute atomic E-state index is 0.0209. The van der Waals surface area contributed by atoms with Crippen molar-refractivity contribution in [2.75, 3.05) is 46.6 Å². The van der Waals surface area contributed by atoms with Gasteiger partial charge in [-0.3, -0.25) is 9.69 Å². The Hall–Kier alpha value is -2.64. The molecule has 2 aromatic rings. The highest BCUT2D eigenvalue weighted by atomic mass is 19.1. The van der Waals surface area contributed by atoms with E-state index < -0.39 is 0 Å². The number of likely N-dealkylation sites (N-methyl/N-ethyl adjacent to an activating group) is 1. The summed E-state index contributed by atoms with van der Waals surface area (Å²) in [6, 6.07) is 11.5. The normalized spacial score (nSPS) is 18.1. The molecule has 0 spiro atoms. The Labute approximate surface area is 163 Å². The lowest BCUT2D eigenvalue weighted by Crippen LogP contribution is -2.48. The number of carbonyl (C=O) groups is 1. The van der Waals surface area contributed by atoms with Gasteiger partial charge in [-0.05, 0) is 49.0 Å². The maximum absolute atomic E-state index is 13.1. The van der Waals surface area contributed by atoms with Crippen LogP contribution in [0.3, 0.4) is 0 Å². The van der Waals surface area contributed by atoms with Gasteiger partial charge in [0.15, 0.2) is 11.5 Å². The molecule has 0 bridgehead atoms. The number of nitrogens with one attached hydrogen (secondary N) is 1. The van der Waals surface area contributed by atoms with Crippen LogP contribution in [-0.4, -0.2) is 62.3 Å². The standard InChI is InChI=1S/C21H24FN3O3/c1-24-8-10-25(11-9-24)18(16-4-7-19-20(12-16)28-14-27-19)13-23-21(26)15-2-5-17(22)6-3-15/h2-7,12,18H,8-11,13-14H2,1H3,(H,23,26)/t18-/m1/s1. The maximum Gasteiger partial charge on any atom is 0.251 e. The molecule has 1 fully saturated rings. The second kappa shape index (κ2) is 8.16. The van der Waals surface area contributed by atoms with E-state index in [-0.39, 0.29) is 24.6 Å². The van der Waals surface area contributed by atoms with E-state index in [4.69, 9.17) is 9.47 Å². The second-order valence-electron chi connectivity index (χ2n) is 7.18. The highest BCUT2D eigenvalue weighted by Crippen LogP contribution is 2.35. The number of benzene rings is 2. The van der Waals surface area contributed by atoms with Crippen LogP contribution < -0.4 is 14.8 Å². The minimum atomic E-state index is -0.354. The Morgan fingerprint density at radius 3 is 2.54 bits per heavy atom. The molecule has 1 saturated heterocycles. The molecule has 1 amide bonds. The van der Waals surface area contributed by atoms with E-state index >= 15 is 0 Å². The van der Waals surface area contributed by atoms with Gasteiger partial charge in [-0.1, -0.05) is 6.07 Å². The molecule has 0 saturated carbocycles. The number of rotatable bonds is 5. The molecule has 1 N–H and O–H groups in total. The Morgan fingerprint density at radius 2 is 1.79 bits per heavy atom. The molecular weight excluding hydrogens is 361 g/mol. The van der Waals surface area contributed by atoms with Crippen molar-refractivity contribution in [1.82, 2.24) is 15.1 Å². The number of nitrogens with zero attached hydrogens (tertiary/aromatic N) is 2. The summed E-state index contributed by atoms with van der Waals surface area (Å²) in [7, 11) is 2.11. The highest BCUT2D eigenvalue weighted by molar-refractivity contribution is 5.94. The van der Waals surface area contributed by atoms with E-state index in [1.165, 1.54) is 24.3 Å². The zero-order chi connectivity index (χ0) is 19.5. The zero-order valence-electron chi connectivity index (χ0n) is 15.9. The van der Waals surface area contributed by atoms with Gasteiger partial charge >= 0.3 is 0 Å². The summed E-state index contributed by atoms with van der Waals surface area (Å²) >= 11 is 0. The first-order valence-corrected chi connectivity index (χ1v) is 9.46. The molecule has 7 heteroatoms. The molecule has 0 unspecified atom stereocenters. The van der Waals surface area contributed by atoms with Crippen molar-refractivity contribution in [1.29, 1.82) is 0 Å². The van der Waals surface area contributed by atoms with Crippen molar-refractivity contribution in [3.05, 3.63) is 59.4 Å². The second-order valence-corrected chi connectivity index (χ2v) is 7.18. The first-order chi connectivity index (χ1) is 13.6. The number of amides is 1. The number of ether oxygens (including phenoxy) is 2. The molecule has 2 aliphatic rings. The SMILES string of the molecule is CN1CCN([C@H](CNC(=O)c2ccc(F)cc2)c2ccc3c(c2)OCO3)CC1. The van der Waals surface area contributed by atoms with Crippen LogP contribution >= 0.6 is 0 Å². The van der Waals surface area contributed by atoms with Crippen LogP contribution in [0.2, 0.25) is 0 Å². The Balaban J connectivity index is 1.51. The van der Waals surface area contributed by atoms with Gasteiger partial charge in [-0.2, -0.15) is 0 Å². The van der Waals surface area contributed by atoms with Crippen LogP contribution in [-0.2, 0) is 0 Å². The average molecular weight is 385 g/mol. The molecule has 0 aromatic heterocycles. The summed E-state index contributed by atoms with van der Waals surface area (Å²) in [6.45, 7) is 4.49. The van der Waals surface area contributed by atoms with Crippen LogP contribution in [0.4, 0.5) is 4.39 Å². The molecule has 2 aliphatic heterocycles. The van der Waals surface area contributed by atoms with Crippen molar-refractivity contribution in [3.8, 4) is 11.5 Å². The van der Waals surface area contributed by atoms with Gasteiger partial charge in [0.25, 0.3) is 5.91 Å². The number of carbonyl (C=O) groups excluding carboxylic acids is 1. The van der Waals surface area contributed by atoms with Gasteiger partial charge < -0.3 is 19.7 Å². The van der Waals surface area contributed by atoms with Gasteiger partial charge in [0.1, 0.15) is 5.82 Å². The van der Waals surface area contributed by atoms with Crippen molar-refractivity contribution in [2.45, 2.75) is 6.04 Å². The summed E-state index contributed by atoms with van der Waals surface area (Å²) in [5.41, 5.74) is 1.53. The Bertz CT molecular complexity index is 835. The number of hydrogen-bond acceptors (Lipinski definition) is 5. The molecule has 1 atom stereocenters. The van der Waals surface area contributed by atoms with Crippen molar-refractivity contribution >= 4 is 5.91 Å². The Kier molecular flexibility index (Phi) is 5.45. The van der Waals surface area contributed by atoms with Gasteiger partial charge in [0.05, 0.1) is 6.04 Å². The average Bonchev–Trinajstić information content (AvgIpc) is 3.18. The quantitative estimate of drug-likeness (QED) is 0.856. The maximum atomic E-state index is 13.1. The first kappa shape index (κ1) is 18.7. The van der Waals surface area contributed by atoms with Gasteiger partial charge in [-0.15, -0.1) is 0 Å². The molecule has 28 heavy (non-hydrogen) atoms. The Morgan fingerprint density at radius 1 is 1.07 bits per heavy atom. The molecule has 148 valence electrons. The summed E-state index contributed by atoms with van der Waals surface area (Å²) in [5.74, 6) is 0.921. The lowest BCUT2D eigenvalue weighted by Gasteiger charge is -2.38. The van der Waals surface area contributed by atoms with Crippen LogP contribution in [0.1, 0.15) is 22.0 Å². The third kappa shape index (κ3) is 4.10. The third-order valence-electron chi connectivity index (χ3n) is 5.32. The number of piperazine rings is 1. The van der Waals surface area contributed by atoms with Crippen molar-refractivity contribution in [2.24, 2.45) is 0 Å². The number of halogens is 1. The van der Waals surface area contributed by atoms with Gasteiger partial charge in [-0.25, -0.2) is 4.39 Å². The molecule has 2 heterocycles. The van der Waals surface area contributed by atoms with Crippen LogP contribution in [0, 0.1) is 5.82 Å². The zero-order valence-corrected chi connectivity index (χ0v) is 15.9. The highest BCUT2D eigenvalue weighted by Gasteiger charge is 2.26. The molecule has 0 radical (unpaired) electrons. The summed E-state index contributed by atoms with van der Waals surface area (Å²) in [4.78, 5) is 17.2. The van der Waals surface area contributed by atoms with E-state index in [2.05, 4.69) is 22.2 Å². The molecule has 4 rings (SSSR count). The molecule has 6 nitrogen and oxygen atoms in total. The van der Waals surface area contributed by atoms with Gasteiger partial charge in [0, 0.05) is 38.3 Å². The number of fused-ring (bicyclic) bond motifs is 1. The number of hydrogen-bond donors (Lipinski definition) is 1. The van der Waals surface area contributed by atoms with Crippen molar-refractivity contribution < 1.29 is 18.7 Å². The first-order valence-electron chi connectivity index (χ1n) is 9.46. The van der Waals surface area contributed by atoms with Crippen LogP contribution in [0.25, 0.3) is 0 Å². The van der Waals surface area contributed by atoms with E-state index in [0.717, 1.165) is 43.2 Å². The van der Waals surface area contributed by atoms with E-state index in [1.54, 1.807) is 0 Å². The van der Waals surface area contributed by atoms with E-state index in [1.807, 2.05) is 18.2 Å². The smallest absolute Gasteiger partial charge is 0.251 e. The minimum Gasteiger partial charge on any atom is -0.454 e. The van der Waals surface area contributed by atoms with Crippen LogP contribution in [0.15, 0.2) is 42.5 Å². The lowest BCUT2D eigenvalue weighted by molar-refractivity contribution is 0.0886. The fraction of sp³-hybridized carbons (Fsp3) is 0.381. The van der Waals surface area contributed by atoms with Crippen molar-refractivity contribution in [3.63, 3.8) is 0 Å². The largest absolute Gasteiger partial charge is 0.454 e. The van der Waals surface area contributed by atoms with Gasteiger partial charge in [0.2, 0.25) is 6.79 Å². The summed E-state index contributed by atoms with van der Waals surface area (Å²) in [5, 5.41) is 3.00. The molecular formula is C21H24FN3O3. The van der Waals surface area contributed by atoms with Crippen LogP contribution in [0.5, 0.6) is 11.5 Å². The molecule has 0 aliphatic carbocycles. The summed E-state index contributed by atoms with van der Waals surface area (Å²) in [6.07, 6.45) is 0. The topological polar surface area (TPSA) is 54.0 Å². The lowest BCUT2D eigenvalue weighted by atomic mass is 10.0. The monoisotopic (exact) mass is 385 g/mol. The molecule has 2 aromatic carbocycles. The fourth-order valence-corrected chi connectivity index (χ4v) is 3.60. The van der Waals surface area contributed by atoms with E-state index in [0.29, 0.717) is 12.1 Å². The fourth-order valence-electron chi connectivity index (χ4n) is 3.60. The van der Waals surface area contributed by atoms with E-state index in [9.17, 15) is 9.18 Å². The predicted molar refractivity (Wildman–Crippen MR) is 103 cm³/mol.